The lowest BCUT2D eigenvalue weighted by Gasteiger charge is -2.37. The number of carbonyl (C=O) groups is 2. The first-order valence-electron chi connectivity index (χ1n) is 9.22. The number of carbonyl (C=O) groups excluding carboxylic acids is 2. The summed E-state index contributed by atoms with van der Waals surface area (Å²) < 4.78 is 66.0. The molecule has 1 saturated heterocycles. The van der Waals surface area contributed by atoms with E-state index in [9.17, 15) is 27.2 Å². The zero-order valence-corrected chi connectivity index (χ0v) is 15.8. The number of methoxy groups -OCH3 is 1. The van der Waals surface area contributed by atoms with Gasteiger partial charge in [-0.1, -0.05) is 0 Å². The molecule has 1 aromatic carbocycles. The minimum absolute atomic E-state index is 0.198. The number of benzene rings is 1. The summed E-state index contributed by atoms with van der Waals surface area (Å²) in [6.07, 6.45) is -6.12. The van der Waals surface area contributed by atoms with Crippen LogP contribution in [0.4, 0.5) is 17.6 Å². The summed E-state index contributed by atoms with van der Waals surface area (Å²) in [5.41, 5.74) is 1.64. The van der Waals surface area contributed by atoms with Crippen LogP contribution in [0, 0.1) is 0 Å². The van der Waals surface area contributed by atoms with Crippen molar-refractivity contribution in [1.82, 2.24) is 9.88 Å². The van der Waals surface area contributed by atoms with Gasteiger partial charge in [0, 0.05) is 29.1 Å². The molecule has 162 valence electrons. The van der Waals surface area contributed by atoms with Gasteiger partial charge in [-0.2, -0.15) is 13.2 Å². The second kappa shape index (κ2) is 7.46. The summed E-state index contributed by atoms with van der Waals surface area (Å²) in [6, 6.07) is 3.96. The zero-order chi connectivity index (χ0) is 21.6. The number of alkyl halides is 4. The standard InChI is InChI=1S/C19H18F4N2O5/c1-28-9-2-3-12-11(8-9)13-10-4-6-25(16(10)30-18(27)19(21,22)23)15(14(13)24-12)17(26)29-7-5-20/h2-3,8,10,15-16,24H,4-7H2,1H3. The maximum absolute atomic E-state index is 12.8. The highest BCUT2D eigenvalue weighted by Crippen LogP contribution is 2.50. The SMILES string of the molecule is COc1ccc2[nH]c3c(c2c1)C1CCN(C3C(=O)OCCF)C1OC(=O)C(F)(F)F. The first kappa shape index (κ1) is 20.5. The van der Waals surface area contributed by atoms with Gasteiger partial charge in [-0.25, -0.2) is 18.9 Å². The van der Waals surface area contributed by atoms with Crippen molar-refractivity contribution in [1.29, 1.82) is 0 Å². The highest BCUT2D eigenvalue weighted by molar-refractivity contribution is 5.90. The number of hydrogen-bond acceptors (Lipinski definition) is 6. The zero-order valence-electron chi connectivity index (χ0n) is 15.8. The molecule has 0 saturated carbocycles. The minimum Gasteiger partial charge on any atom is -0.497 e. The van der Waals surface area contributed by atoms with Crippen molar-refractivity contribution in [2.45, 2.75) is 30.8 Å². The topological polar surface area (TPSA) is 80.9 Å². The van der Waals surface area contributed by atoms with Crippen LogP contribution in [0.5, 0.6) is 5.75 Å². The van der Waals surface area contributed by atoms with Crippen LogP contribution in [0.1, 0.15) is 29.6 Å². The van der Waals surface area contributed by atoms with Crippen molar-refractivity contribution in [3.63, 3.8) is 0 Å². The number of aromatic nitrogens is 1. The van der Waals surface area contributed by atoms with Gasteiger partial charge >= 0.3 is 18.1 Å². The van der Waals surface area contributed by atoms with Crippen LogP contribution in [-0.2, 0) is 19.1 Å². The number of fused-ring (bicyclic) bond motifs is 6. The lowest BCUT2D eigenvalue weighted by Crippen LogP contribution is -2.47. The van der Waals surface area contributed by atoms with Crippen molar-refractivity contribution < 1.29 is 41.4 Å². The average Bonchev–Trinajstić information content (AvgIpc) is 3.22. The average molecular weight is 430 g/mol. The Morgan fingerprint density at radius 3 is 2.73 bits per heavy atom. The Hall–Kier alpha value is -2.82. The third-order valence-corrected chi connectivity index (χ3v) is 5.43. The van der Waals surface area contributed by atoms with Gasteiger partial charge in [0.25, 0.3) is 0 Å². The van der Waals surface area contributed by atoms with Crippen LogP contribution in [0.15, 0.2) is 18.2 Å². The number of esters is 2. The van der Waals surface area contributed by atoms with Crippen LogP contribution in [0.2, 0.25) is 0 Å². The Labute approximate surface area is 167 Å². The Kier molecular flexibility index (Phi) is 5.08. The fourth-order valence-electron chi connectivity index (χ4n) is 4.27. The Bertz CT molecular complexity index is 989. The quantitative estimate of drug-likeness (QED) is 0.581. The maximum Gasteiger partial charge on any atom is 0.490 e. The van der Waals surface area contributed by atoms with Crippen LogP contribution < -0.4 is 4.74 Å². The molecule has 1 N–H and O–H groups in total. The number of halogens is 4. The summed E-state index contributed by atoms with van der Waals surface area (Å²) in [5, 5.41) is 0.646. The van der Waals surface area contributed by atoms with E-state index in [1.807, 2.05) is 0 Å². The number of rotatable bonds is 5. The highest BCUT2D eigenvalue weighted by Gasteiger charge is 2.54. The van der Waals surface area contributed by atoms with Gasteiger partial charge in [0.05, 0.1) is 7.11 Å². The molecule has 4 atom stereocenters. The van der Waals surface area contributed by atoms with E-state index < -0.39 is 49.6 Å². The molecule has 4 rings (SSSR count). The van der Waals surface area contributed by atoms with E-state index in [0.29, 0.717) is 34.3 Å². The molecule has 0 spiro atoms. The normalized spacial score (nSPS) is 25.1. The molecule has 7 nitrogen and oxygen atoms in total. The molecule has 2 aliphatic heterocycles. The number of aromatic amines is 1. The number of H-pyrrole nitrogens is 1. The van der Waals surface area contributed by atoms with Crippen molar-refractivity contribution in [3.8, 4) is 5.75 Å². The molecule has 2 aromatic rings. The van der Waals surface area contributed by atoms with Gasteiger partial charge in [-0.05, 0) is 30.2 Å². The molecule has 1 aromatic heterocycles. The van der Waals surface area contributed by atoms with Crippen LogP contribution in [0.25, 0.3) is 10.9 Å². The molecule has 3 heterocycles. The van der Waals surface area contributed by atoms with Gasteiger partial charge < -0.3 is 19.2 Å². The van der Waals surface area contributed by atoms with E-state index in [1.54, 1.807) is 18.2 Å². The summed E-state index contributed by atoms with van der Waals surface area (Å²) >= 11 is 0. The summed E-state index contributed by atoms with van der Waals surface area (Å²) in [6.45, 7) is -1.18. The number of nitrogens with zero attached hydrogens (tertiary/aromatic N) is 1. The molecule has 0 amide bonds. The Morgan fingerprint density at radius 1 is 1.30 bits per heavy atom. The molecule has 1 fully saturated rings. The Morgan fingerprint density at radius 2 is 2.07 bits per heavy atom. The highest BCUT2D eigenvalue weighted by atomic mass is 19.4. The monoisotopic (exact) mass is 430 g/mol. The molecule has 30 heavy (non-hydrogen) atoms. The van der Waals surface area contributed by atoms with Crippen LogP contribution in [0.3, 0.4) is 0 Å². The van der Waals surface area contributed by atoms with Gasteiger partial charge in [-0.15, -0.1) is 0 Å². The van der Waals surface area contributed by atoms with Crippen molar-refractivity contribution in [3.05, 3.63) is 29.5 Å². The number of hydrogen-bond donors (Lipinski definition) is 1. The number of ether oxygens (including phenoxy) is 3. The van der Waals surface area contributed by atoms with E-state index in [0.717, 1.165) is 0 Å². The predicted molar refractivity (Wildman–Crippen MR) is 94.5 cm³/mol. The van der Waals surface area contributed by atoms with E-state index in [1.165, 1.54) is 12.0 Å². The smallest absolute Gasteiger partial charge is 0.490 e. The minimum atomic E-state index is -5.17. The largest absolute Gasteiger partial charge is 0.497 e. The molecule has 4 unspecified atom stereocenters. The summed E-state index contributed by atoms with van der Waals surface area (Å²) in [7, 11) is 1.47. The lowest BCUT2D eigenvalue weighted by atomic mass is 9.89. The van der Waals surface area contributed by atoms with Crippen LogP contribution >= 0.6 is 0 Å². The lowest BCUT2D eigenvalue weighted by molar-refractivity contribution is -0.215. The third kappa shape index (κ3) is 3.26. The van der Waals surface area contributed by atoms with Gasteiger partial charge in [0.1, 0.15) is 19.0 Å². The number of nitrogens with one attached hydrogen (secondary N) is 1. The third-order valence-electron chi connectivity index (χ3n) is 5.43. The van der Waals surface area contributed by atoms with E-state index in [4.69, 9.17) is 14.2 Å². The van der Waals surface area contributed by atoms with E-state index >= 15 is 0 Å². The maximum atomic E-state index is 12.8. The second-order valence-corrected chi connectivity index (χ2v) is 7.05. The second-order valence-electron chi connectivity index (χ2n) is 7.05. The van der Waals surface area contributed by atoms with Gasteiger partial charge in [0.15, 0.2) is 12.3 Å². The molecule has 2 aliphatic rings. The van der Waals surface area contributed by atoms with Crippen LogP contribution in [-0.4, -0.2) is 61.2 Å². The van der Waals surface area contributed by atoms with Gasteiger partial charge in [0.2, 0.25) is 0 Å². The summed E-state index contributed by atoms with van der Waals surface area (Å²) in [4.78, 5) is 28.7. The summed E-state index contributed by atoms with van der Waals surface area (Å²) in [5.74, 6) is -3.23. The Balaban J connectivity index is 1.82. The van der Waals surface area contributed by atoms with E-state index in [-0.39, 0.29) is 6.54 Å². The van der Waals surface area contributed by atoms with E-state index in [2.05, 4.69) is 4.98 Å². The predicted octanol–water partition coefficient (Wildman–Crippen LogP) is 2.96. The molecule has 0 aliphatic carbocycles. The molecule has 11 heteroatoms. The van der Waals surface area contributed by atoms with Gasteiger partial charge in [-0.3, -0.25) is 0 Å². The van der Waals surface area contributed by atoms with Crippen molar-refractivity contribution in [2.75, 3.05) is 26.9 Å². The molecule has 2 bridgehead atoms. The molecular formula is C19H18F4N2O5. The first-order valence-corrected chi connectivity index (χ1v) is 9.22. The fraction of sp³-hybridized carbons (Fsp3) is 0.474. The fourth-order valence-corrected chi connectivity index (χ4v) is 4.27. The first-order chi connectivity index (χ1) is 14.3. The van der Waals surface area contributed by atoms with Crippen molar-refractivity contribution >= 4 is 22.8 Å². The van der Waals surface area contributed by atoms with Crippen molar-refractivity contribution in [2.24, 2.45) is 0 Å². The molecule has 0 radical (unpaired) electrons. The molecular weight excluding hydrogens is 412 g/mol.